The number of carbonyl (C=O) groups is 1. The molecule has 2 aliphatic heterocycles. The first-order chi connectivity index (χ1) is 11.0. The van der Waals surface area contributed by atoms with E-state index in [9.17, 15) is 9.90 Å². The number of β-amino-alcohol motifs (C(OH)–C–C–N with tert-alkyl or cyclic N) is 1. The number of aromatic nitrogens is 1. The number of likely N-dealkylation sites (tertiary alicyclic amines) is 1. The zero-order valence-corrected chi connectivity index (χ0v) is 13.9. The van der Waals surface area contributed by atoms with E-state index >= 15 is 0 Å². The van der Waals surface area contributed by atoms with Gasteiger partial charge in [-0.1, -0.05) is 0 Å². The Kier molecular flexibility index (Phi) is 4.99. The van der Waals surface area contributed by atoms with Crippen LogP contribution in [-0.2, 0) is 11.3 Å². The summed E-state index contributed by atoms with van der Waals surface area (Å²) in [4.78, 5) is 23.0. The van der Waals surface area contributed by atoms with E-state index in [1.54, 1.807) is 0 Å². The molecule has 7 heteroatoms. The van der Waals surface area contributed by atoms with Gasteiger partial charge in [-0.15, -0.1) is 0 Å². The van der Waals surface area contributed by atoms with Crippen LogP contribution in [0.1, 0.15) is 17.9 Å². The molecule has 1 aromatic rings. The Morgan fingerprint density at radius 3 is 2.65 bits per heavy atom. The molecule has 3 heterocycles. The van der Waals surface area contributed by atoms with Crippen molar-refractivity contribution in [2.45, 2.75) is 26.0 Å². The summed E-state index contributed by atoms with van der Waals surface area (Å²) in [6, 6.07) is 0. The Morgan fingerprint density at radius 1 is 1.35 bits per heavy atom. The number of aryl methyl sites for hydroxylation is 1. The minimum atomic E-state index is -0.375. The van der Waals surface area contributed by atoms with Crippen molar-refractivity contribution in [3.63, 3.8) is 0 Å². The third-order valence-corrected chi connectivity index (χ3v) is 4.97. The minimum absolute atomic E-state index is 0.0725. The van der Waals surface area contributed by atoms with Gasteiger partial charge in [0.2, 0.25) is 5.91 Å². The van der Waals surface area contributed by atoms with Gasteiger partial charge in [0.25, 0.3) is 0 Å². The van der Waals surface area contributed by atoms with Gasteiger partial charge < -0.3 is 19.3 Å². The van der Waals surface area contributed by atoms with Crippen LogP contribution in [0, 0.1) is 12.8 Å². The van der Waals surface area contributed by atoms with Crippen LogP contribution in [0.25, 0.3) is 0 Å². The van der Waals surface area contributed by atoms with Crippen LogP contribution in [-0.4, -0.2) is 83.1 Å². The van der Waals surface area contributed by atoms with Crippen molar-refractivity contribution < 1.29 is 14.3 Å². The summed E-state index contributed by atoms with van der Waals surface area (Å²) in [7, 11) is 1.98. The SMILES string of the molecule is Cc1ocnc1CN1CCN(C(=O)C[C@@H]2CN(C)C[C@H]2O)CC1. The number of aliphatic hydroxyl groups excluding tert-OH is 1. The predicted molar refractivity (Wildman–Crippen MR) is 84.7 cm³/mol. The molecular formula is C16H26N4O3. The molecule has 1 aromatic heterocycles. The first-order valence-corrected chi connectivity index (χ1v) is 8.28. The third kappa shape index (κ3) is 3.91. The van der Waals surface area contributed by atoms with Gasteiger partial charge in [-0.05, 0) is 14.0 Å². The number of oxazole rings is 1. The van der Waals surface area contributed by atoms with Gasteiger partial charge in [-0.3, -0.25) is 9.69 Å². The molecule has 0 spiro atoms. The summed E-state index contributed by atoms with van der Waals surface area (Å²) in [6.07, 6.45) is 1.56. The van der Waals surface area contributed by atoms with Gasteiger partial charge in [0, 0.05) is 58.2 Å². The second-order valence-electron chi connectivity index (χ2n) is 6.76. The molecule has 2 atom stereocenters. The average molecular weight is 322 g/mol. The molecular weight excluding hydrogens is 296 g/mol. The number of likely N-dealkylation sites (N-methyl/N-ethyl adjacent to an activating group) is 1. The molecule has 23 heavy (non-hydrogen) atoms. The largest absolute Gasteiger partial charge is 0.448 e. The highest BCUT2D eigenvalue weighted by molar-refractivity contribution is 5.76. The van der Waals surface area contributed by atoms with Crippen LogP contribution in [0.5, 0.6) is 0 Å². The van der Waals surface area contributed by atoms with Gasteiger partial charge in [-0.2, -0.15) is 0 Å². The lowest BCUT2D eigenvalue weighted by Crippen LogP contribution is -2.49. The molecule has 0 bridgehead atoms. The lowest BCUT2D eigenvalue weighted by Gasteiger charge is -2.35. The normalized spacial score (nSPS) is 26.8. The standard InChI is InChI=1S/C16H26N4O3/c1-12-14(17-11-23-12)9-19-3-5-20(6-4-19)16(22)7-13-8-18(2)10-15(13)21/h11,13,15,21H,3-10H2,1-2H3/t13-,15-/m1/s1. The second-order valence-corrected chi connectivity index (χ2v) is 6.76. The smallest absolute Gasteiger partial charge is 0.223 e. The Bertz CT molecular complexity index is 539. The van der Waals surface area contributed by atoms with E-state index in [0.29, 0.717) is 13.0 Å². The van der Waals surface area contributed by atoms with Crippen molar-refractivity contribution in [2.24, 2.45) is 5.92 Å². The third-order valence-electron chi connectivity index (χ3n) is 4.97. The minimum Gasteiger partial charge on any atom is -0.448 e. The molecule has 7 nitrogen and oxygen atoms in total. The number of hydrogen-bond donors (Lipinski definition) is 1. The molecule has 0 radical (unpaired) electrons. The fraction of sp³-hybridized carbons (Fsp3) is 0.750. The lowest BCUT2D eigenvalue weighted by atomic mass is 10.0. The van der Waals surface area contributed by atoms with Gasteiger partial charge in [0.15, 0.2) is 6.39 Å². The number of amides is 1. The first-order valence-electron chi connectivity index (χ1n) is 8.28. The number of hydrogen-bond acceptors (Lipinski definition) is 6. The predicted octanol–water partition coefficient (Wildman–Crippen LogP) is -0.0602. The Hall–Kier alpha value is -1.44. The van der Waals surface area contributed by atoms with Crippen LogP contribution < -0.4 is 0 Å². The highest BCUT2D eigenvalue weighted by Crippen LogP contribution is 2.20. The molecule has 0 saturated carbocycles. The zero-order valence-electron chi connectivity index (χ0n) is 13.9. The van der Waals surface area contributed by atoms with Crippen molar-refractivity contribution >= 4 is 5.91 Å². The monoisotopic (exact) mass is 322 g/mol. The molecule has 3 rings (SSSR count). The van der Waals surface area contributed by atoms with E-state index in [-0.39, 0.29) is 17.9 Å². The average Bonchev–Trinajstić information content (AvgIpc) is 3.05. The van der Waals surface area contributed by atoms with Crippen LogP contribution >= 0.6 is 0 Å². The Labute approximate surface area is 136 Å². The summed E-state index contributed by atoms with van der Waals surface area (Å²) >= 11 is 0. The van der Waals surface area contributed by atoms with Gasteiger partial charge in [0.05, 0.1) is 11.8 Å². The molecule has 1 N–H and O–H groups in total. The molecule has 0 aromatic carbocycles. The van der Waals surface area contributed by atoms with Gasteiger partial charge in [0.1, 0.15) is 5.76 Å². The highest BCUT2D eigenvalue weighted by Gasteiger charge is 2.32. The number of nitrogens with zero attached hydrogens (tertiary/aromatic N) is 4. The van der Waals surface area contributed by atoms with E-state index < -0.39 is 0 Å². The summed E-state index contributed by atoms with van der Waals surface area (Å²) < 4.78 is 5.23. The van der Waals surface area contributed by atoms with E-state index in [4.69, 9.17) is 4.42 Å². The molecule has 0 aliphatic carbocycles. The zero-order chi connectivity index (χ0) is 16.4. The Balaban J connectivity index is 1.45. The highest BCUT2D eigenvalue weighted by atomic mass is 16.3. The van der Waals surface area contributed by atoms with E-state index in [1.807, 2.05) is 18.9 Å². The number of rotatable bonds is 4. The fourth-order valence-corrected chi connectivity index (χ4v) is 3.47. The topological polar surface area (TPSA) is 73.1 Å². The van der Waals surface area contributed by atoms with Crippen LogP contribution in [0.15, 0.2) is 10.8 Å². The molecule has 1 amide bonds. The summed E-state index contributed by atoms with van der Waals surface area (Å²) in [5, 5.41) is 9.98. The maximum atomic E-state index is 12.4. The summed E-state index contributed by atoms with van der Waals surface area (Å²) in [5.41, 5.74) is 0.974. The maximum absolute atomic E-state index is 12.4. The van der Waals surface area contributed by atoms with Crippen molar-refractivity contribution in [3.8, 4) is 0 Å². The van der Waals surface area contributed by atoms with Crippen LogP contribution in [0.2, 0.25) is 0 Å². The van der Waals surface area contributed by atoms with E-state index in [0.717, 1.165) is 50.7 Å². The van der Waals surface area contributed by atoms with Crippen LogP contribution in [0.3, 0.4) is 0 Å². The van der Waals surface area contributed by atoms with Crippen molar-refractivity contribution in [3.05, 3.63) is 17.8 Å². The van der Waals surface area contributed by atoms with Crippen molar-refractivity contribution in [1.82, 2.24) is 19.7 Å². The van der Waals surface area contributed by atoms with Crippen LogP contribution in [0.4, 0.5) is 0 Å². The Morgan fingerprint density at radius 2 is 2.09 bits per heavy atom. The number of piperazine rings is 1. The molecule has 2 aliphatic rings. The van der Waals surface area contributed by atoms with Crippen molar-refractivity contribution in [1.29, 1.82) is 0 Å². The van der Waals surface area contributed by atoms with E-state index in [1.165, 1.54) is 6.39 Å². The molecule has 2 saturated heterocycles. The second kappa shape index (κ2) is 6.98. The van der Waals surface area contributed by atoms with Crippen molar-refractivity contribution in [2.75, 3.05) is 46.3 Å². The number of aliphatic hydroxyl groups is 1. The molecule has 128 valence electrons. The number of carbonyl (C=O) groups excluding carboxylic acids is 1. The molecule has 2 fully saturated rings. The molecule has 0 unspecified atom stereocenters. The quantitative estimate of drug-likeness (QED) is 0.837. The maximum Gasteiger partial charge on any atom is 0.223 e. The van der Waals surface area contributed by atoms with Gasteiger partial charge in [-0.25, -0.2) is 4.98 Å². The summed E-state index contributed by atoms with van der Waals surface area (Å²) in [6.45, 7) is 7.36. The first kappa shape index (κ1) is 16.4. The van der Waals surface area contributed by atoms with E-state index in [2.05, 4.69) is 14.8 Å². The lowest BCUT2D eigenvalue weighted by molar-refractivity contribution is -0.134. The fourth-order valence-electron chi connectivity index (χ4n) is 3.47. The van der Waals surface area contributed by atoms with Gasteiger partial charge >= 0.3 is 0 Å². The summed E-state index contributed by atoms with van der Waals surface area (Å²) in [5.74, 6) is 1.10.